The van der Waals surface area contributed by atoms with Gasteiger partial charge in [0.15, 0.2) is 5.76 Å². The standard InChI is InChI=1S/C16H16ClNO3/c17-13-4-2-1-3-12(13)14-5-6-15(21-14)16(20)18-9-7-11(19)8-10-18/h1-6,11,19H,7-10H2. The fourth-order valence-electron chi connectivity index (χ4n) is 2.48. The van der Waals surface area contributed by atoms with Crippen LogP contribution in [0.15, 0.2) is 40.8 Å². The Morgan fingerprint density at radius 3 is 2.62 bits per heavy atom. The number of piperidine rings is 1. The van der Waals surface area contributed by atoms with Crippen LogP contribution in [0.3, 0.4) is 0 Å². The van der Waals surface area contributed by atoms with E-state index in [0.29, 0.717) is 42.5 Å². The molecule has 1 aromatic heterocycles. The first-order valence-corrected chi connectivity index (χ1v) is 7.35. The van der Waals surface area contributed by atoms with Crippen LogP contribution < -0.4 is 0 Å². The molecule has 0 saturated carbocycles. The number of nitrogens with zero attached hydrogens (tertiary/aromatic N) is 1. The summed E-state index contributed by atoms with van der Waals surface area (Å²) in [6.45, 7) is 1.12. The van der Waals surface area contributed by atoms with Gasteiger partial charge in [0.1, 0.15) is 5.76 Å². The van der Waals surface area contributed by atoms with Crippen molar-refractivity contribution in [3.8, 4) is 11.3 Å². The van der Waals surface area contributed by atoms with Gasteiger partial charge in [-0.05, 0) is 37.1 Å². The number of likely N-dealkylation sites (tertiary alicyclic amines) is 1. The Bertz CT molecular complexity index is 644. The molecule has 3 rings (SSSR count). The van der Waals surface area contributed by atoms with Gasteiger partial charge in [-0.2, -0.15) is 0 Å². The van der Waals surface area contributed by atoms with Gasteiger partial charge in [0.2, 0.25) is 0 Å². The summed E-state index contributed by atoms with van der Waals surface area (Å²) in [5.74, 6) is 0.752. The van der Waals surface area contributed by atoms with Crippen molar-refractivity contribution >= 4 is 17.5 Å². The average molecular weight is 306 g/mol. The predicted octanol–water partition coefficient (Wildman–Crippen LogP) is 3.20. The Kier molecular flexibility index (Phi) is 3.99. The zero-order valence-corrected chi connectivity index (χ0v) is 12.2. The van der Waals surface area contributed by atoms with Crippen LogP contribution in [0.5, 0.6) is 0 Å². The number of amides is 1. The van der Waals surface area contributed by atoms with Gasteiger partial charge in [0, 0.05) is 18.7 Å². The van der Waals surface area contributed by atoms with Gasteiger partial charge in [0.25, 0.3) is 5.91 Å². The minimum absolute atomic E-state index is 0.139. The van der Waals surface area contributed by atoms with Gasteiger partial charge < -0.3 is 14.4 Å². The lowest BCUT2D eigenvalue weighted by Gasteiger charge is -2.28. The van der Waals surface area contributed by atoms with E-state index in [4.69, 9.17) is 16.0 Å². The monoisotopic (exact) mass is 305 g/mol. The molecular weight excluding hydrogens is 290 g/mol. The molecule has 0 unspecified atom stereocenters. The number of benzene rings is 1. The second-order valence-electron chi connectivity index (χ2n) is 5.17. The van der Waals surface area contributed by atoms with E-state index < -0.39 is 0 Å². The molecule has 110 valence electrons. The molecule has 1 aliphatic rings. The Morgan fingerprint density at radius 1 is 1.19 bits per heavy atom. The van der Waals surface area contributed by atoms with Crippen LogP contribution >= 0.6 is 11.6 Å². The molecule has 4 nitrogen and oxygen atoms in total. The average Bonchev–Trinajstić information content (AvgIpc) is 2.97. The molecule has 0 aliphatic carbocycles. The lowest BCUT2D eigenvalue weighted by atomic mass is 10.1. The van der Waals surface area contributed by atoms with Crippen LogP contribution in [0.1, 0.15) is 23.4 Å². The van der Waals surface area contributed by atoms with E-state index >= 15 is 0 Å². The fraction of sp³-hybridized carbons (Fsp3) is 0.312. The van der Waals surface area contributed by atoms with E-state index in [0.717, 1.165) is 5.56 Å². The Hall–Kier alpha value is -1.78. The molecule has 1 aromatic carbocycles. The first kappa shape index (κ1) is 14.2. The molecule has 1 amide bonds. The summed E-state index contributed by atoms with van der Waals surface area (Å²) in [5, 5.41) is 10.1. The van der Waals surface area contributed by atoms with Crippen LogP contribution in [0, 0.1) is 0 Å². The van der Waals surface area contributed by atoms with Crippen molar-refractivity contribution in [3.05, 3.63) is 47.2 Å². The van der Waals surface area contributed by atoms with Gasteiger partial charge >= 0.3 is 0 Å². The molecule has 21 heavy (non-hydrogen) atoms. The SMILES string of the molecule is O=C(c1ccc(-c2ccccc2Cl)o1)N1CCC(O)CC1. The minimum atomic E-state index is -0.302. The summed E-state index contributed by atoms with van der Waals surface area (Å²) in [4.78, 5) is 14.1. The number of rotatable bonds is 2. The van der Waals surface area contributed by atoms with E-state index in [1.807, 2.05) is 18.2 Å². The molecule has 0 bridgehead atoms. The van der Waals surface area contributed by atoms with Crippen molar-refractivity contribution in [3.63, 3.8) is 0 Å². The van der Waals surface area contributed by atoms with Crippen molar-refractivity contribution in [2.75, 3.05) is 13.1 Å². The van der Waals surface area contributed by atoms with Crippen molar-refractivity contribution in [1.29, 1.82) is 0 Å². The predicted molar refractivity (Wildman–Crippen MR) is 80.3 cm³/mol. The zero-order valence-electron chi connectivity index (χ0n) is 11.5. The fourth-order valence-corrected chi connectivity index (χ4v) is 2.71. The maximum absolute atomic E-state index is 12.4. The van der Waals surface area contributed by atoms with Crippen molar-refractivity contribution < 1.29 is 14.3 Å². The second-order valence-corrected chi connectivity index (χ2v) is 5.57. The molecule has 0 spiro atoms. The van der Waals surface area contributed by atoms with E-state index in [2.05, 4.69) is 0 Å². The molecule has 1 N–H and O–H groups in total. The van der Waals surface area contributed by atoms with Crippen LogP contribution in [-0.2, 0) is 0 Å². The van der Waals surface area contributed by atoms with Gasteiger partial charge in [-0.1, -0.05) is 23.7 Å². The molecular formula is C16H16ClNO3. The maximum Gasteiger partial charge on any atom is 0.289 e. The Labute approximate surface area is 127 Å². The first-order valence-electron chi connectivity index (χ1n) is 6.97. The van der Waals surface area contributed by atoms with Crippen molar-refractivity contribution in [2.24, 2.45) is 0 Å². The first-order chi connectivity index (χ1) is 10.1. The normalized spacial score (nSPS) is 16.2. The van der Waals surface area contributed by atoms with E-state index in [-0.39, 0.29) is 12.0 Å². The number of carbonyl (C=O) groups is 1. The highest BCUT2D eigenvalue weighted by atomic mass is 35.5. The topological polar surface area (TPSA) is 53.7 Å². The number of hydrogen-bond acceptors (Lipinski definition) is 3. The maximum atomic E-state index is 12.4. The van der Waals surface area contributed by atoms with E-state index in [1.54, 1.807) is 23.1 Å². The Morgan fingerprint density at radius 2 is 1.90 bits per heavy atom. The summed E-state index contributed by atoms with van der Waals surface area (Å²) in [6, 6.07) is 10.8. The minimum Gasteiger partial charge on any atom is -0.451 e. The largest absolute Gasteiger partial charge is 0.451 e. The number of furan rings is 1. The quantitative estimate of drug-likeness (QED) is 0.927. The summed E-state index contributed by atoms with van der Waals surface area (Å²) >= 11 is 6.13. The zero-order chi connectivity index (χ0) is 14.8. The van der Waals surface area contributed by atoms with Crippen LogP contribution in [0.25, 0.3) is 11.3 Å². The van der Waals surface area contributed by atoms with Crippen LogP contribution in [-0.4, -0.2) is 35.1 Å². The molecule has 5 heteroatoms. The lowest BCUT2D eigenvalue weighted by molar-refractivity contribution is 0.0520. The summed E-state index contributed by atoms with van der Waals surface area (Å²) in [6.07, 6.45) is 0.928. The molecule has 2 aromatic rings. The van der Waals surface area contributed by atoms with Crippen LogP contribution in [0.4, 0.5) is 0 Å². The molecule has 0 radical (unpaired) electrons. The molecule has 1 fully saturated rings. The van der Waals surface area contributed by atoms with E-state index in [1.165, 1.54) is 0 Å². The van der Waals surface area contributed by atoms with Crippen molar-refractivity contribution in [1.82, 2.24) is 4.90 Å². The highest BCUT2D eigenvalue weighted by Gasteiger charge is 2.24. The third kappa shape index (κ3) is 2.96. The summed E-state index contributed by atoms with van der Waals surface area (Å²) in [5.41, 5.74) is 0.771. The number of hydrogen-bond donors (Lipinski definition) is 1. The summed E-state index contributed by atoms with van der Waals surface area (Å²) in [7, 11) is 0. The van der Waals surface area contributed by atoms with E-state index in [9.17, 15) is 9.90 Å². The van der Waals surface area contributed by atoms with Gasteiger partial charge in [0.05, 0.1) is 11.1 Å². The molecule has 2 heterocycles. The van der Waals surface area contributed by atoms with Gasteiger partial charge in [-0.15, -0.1) is 0 Å². The number of carbonyl (C=O) groups excluding carboxylic acids is 1. The lowest BCUT2D eigenvalue weighted by Crippen LogP contribution is -2.39. The Balaban J connectivity index is 1.79. The third-order valence-electron chi connectivity index (χ3n) is 3.71. The summed E-state index contributed by atoms with van der Waals surface area (Å²) < 4.78 is 5.65. The van der Waals surface area contributed by atoms with Crippen molar-refractivity contribution in [2.45, 2.75) is 18.9 Å². The smallest absolute Gasteiger partial charge is 0.289 e. The highest BCUT2D eigenvalue weighted by molar-refractivity contribution is 6.33. The number of halogens is 1. The molecule has 1 saturated heterocycles. The van der Waals surface area contributed by atoms with Gasteiger partial charge in [-0.25, -0.2) is 0 Å². The highest BCUT2D eigenvalue weighted by Crippen LogP contribution is 2.29. The molecule has 0 atom stereocenters. The van der Waals surface area contributed by atoms with Gasteiger partial charge in [-0.3, -0.25) is 4.79 Å². The molecule has 1 aliphatic heterocycles. The van der Waals surface area contributed by atoms with Crippen LogP contribution in [0.2, 0.25) is 5.02 Å². The number of aliphatic hydroxyl groups excluding tert-OH is 1. The third-order valence-corrected chi connectivity index (χ3v) is 4.04. The number of aliphatic hydroxyl groups is 1. The second kappa shape index (κ2) is 5.92.